The SMILES string of the molecule is FCc1cccc2[nH]cnc12. The molecule has 2 nitrogen and oxygen atoms in total. The molecule has 1 heterocycles. The Morgan fingerprint density at radius 2 is 2.36 bits per heavy atom. The second-order valence-corrected chi connectivity index (χ2v) is 2.35. The highest BCUT2D eigenvalue weighted by Gasteiger charge is 2.00. The first-order valence-electron chi connectivity index (χ1n) is 3.39. The number of aromatic nitrogens is 2. The zero-order valence-electron chi connectivity index (χ0n) is 5.84. The molecule has 0 amide bonds. The van der Waals surface area contributed by atoms with Crippen molar-refractivity contribution in [2.24, 2.45) is 0 Å². The monoisotopic (exact) mass is 150 g/mol. The summed E-state index contributed by atoms with van der Waals surface area (Å²) in [6.07, 6.45) is 1.57. The number of H-pyrrole nitrogens is 1. The molecule has 3 heteroatoms. The zero-order valence-corrected chi connectivity index (χ0v) is 5.84. The highest BCUT2D eigenvalue weighted by atomic mass is 19.1. The van der Waals surface area contributed by atoms with Gasteiger partial charge in [-0.15, -0.1) is 0 Å². The largest absolute Gasteiger partial charge is 0.345 e. The molecule has 0 bridgehead atoms. The number of nitrogens with one attached hydrogen (secondary N) is 1. The van der Waals surface area contributed by atoms with Gasteiger partial charge in [-0.1, -0.05) is 12.1 Å². The fourth-order valence-corrected chi connectivity index (χ4v) is 1.13. The van der Waals surface area contributed by atoms with Crippen LogP contribution < -0.4 is 0 Å². The van der Waals surface area contributed by atoms with E-state index in [1.54, 1.807) is 12.4 Å². The molecule has 0 spiro atoms. The molecule has 0 unspecified atom stereocenters. The molecule has 1 aromatic carbocycles. The van der Waals surface area contributed by atoms with Gasteiger partial charge in [0.05, 0.1) is 17.4 Å². The summed E-state index contributed by atoms with van der Waals surface area (Å²) in [6, 6.07) is 5.43. The Hall–Kier alpha value is -1.38. The van der Waals surface area contributed by atoms with E-state index in [0.29, 0.717) is 5.56 Å². The van der Waals surface area contributed by atoms with Gasteiger partial charge in [-0.05, 0) is 6.07 Å². The molecule has 0 saturated carbocycles. The molecule has 56 valence electrons. The summed E-state index contributed by atoms with van der Waals surface area (Å²) in [5.74, 6) is 0. The summed E-state index contributed by atoms with van der Waals surface area (Å²) < 4.78 is 12.3. The van der Waals surface area contributed by atoms with Gasteiger partial charge in [0.25, 0.3) is 0 Å². The van der Waals surface area contributed by atoms with E-state index in [9.17, 15) is 4.39 Å². The molecule has 0 radical (unpaired) electrons. The van der Waals surface area contributed by atoms with Gasteiger partial charge < -0.3 is 4.98 Å². The average Bonchev–Trinajstić information content (AvgIpc) is 2.50. The topological polar surface area (TPSA) is 28.7 Å². The van der Waals surface area contributed by atoms with E-state index in [1.807, 2.05) is 12.1 Å². The van der Waals surface area contributed by atoms with Crippen molar-refractivity contribution in [1.82, 2.24) is 9.97 Å². The lowest BCUT2D eigenvalue weighted by atomic mass is 10.2. The van der Waals surface area contributed by atoms with Crippen LogP contribution in [0.15, 0.2) is 24.5 Å². The molecule has 0 atom stereocenters. The Morgan fingerprint density at radius 1 is 1.45 bits per heavy atom. The molecule has 1 aromatic heterocycles. The minimum atomic E-state index is -0.456. The predicted octanol–water partition coefficient (Wildman–Crippen LogP) is 2.03. The molecule has 0 aliphatic heterocycles. The van der Waals surface area contributed by atoms with E-state index < -0.39 is 6.67 Å². The second-order valence-electron chi connectivity index (χ2n) is 2.35. The van der Waals surface area contributed by atoms with E-state index in [1.165, 1.54) is 0 Å². The second kappa shape index (κ2) is 2.34. The van der Waals surface area contributed by atoms with Crippen molar-refractivity contribution in [3.8, 4) is 0 Å². The van der Waals surface area contributed by atoms with Crippen LogP contribution in [0.3, 0.4) is 0 Å². The maximum atomic E-state index is 12.3. The van der Waals surface area contributed by atoms with Gasteiger partial charge in [0, 0.05) is 5.56 Å². The van der Waals surface area contributed by atoms with Crippen LogP contribution in [0.4, 0.5) is 4.39 Å². The molecule has 0 saturated heterocycles. The highest BCUT2D eigenvalue weighted by Crippen LogP contribution is 2.14. The average molecular weight is 150 g/mol. The summed E-state index contributed by atoms with van der Waals surface area (Å²) in [4.78, 5) is 6.91. The lowest BCUT2D eigenvalue weighted by molar-refractivity contribution is 0.487. The number of rotatable bonds is 1. The highest BCUT2D eigenvalue weighted by molar-refractivity contribution is 5.77. The Labute approximate surface area is 63.1 Å². The first-order valence-corrected chi connectivity index (χ1v) is 3.39. The minimum Gasteiger partial charge on any atom is -0.345 e. The maximum absolute atomic E-state index is 12.3. The third-order valence-corrected chi connectivity index (χ3v) is 1.68. The van der Waals surface area contributed by atoms with Gasteiger partial charge in [0.1, 0.15) is 6.67 Å². The predicted molar refractivity (Wildman–Crippen MR) is 40.9 cm³/mol. The molecule has 0 aliphatic rings. The standard InChI is InChI=1S/C8H7FN2/c9-4-6-2-1-3-7-8(6)11-5-10-7/h1-3,5H,4H2,(H,10,11). The van der Waals surface area contributed by atoms with Gasteiger partial charge in [-0.25, -0.2) is 9.37 Å². The molecular formula is C8H7FN2. The number of imidazole rings is 1. The summed E-state index contributed by atoms with van der Waals surface area (Å²) in [7, 11) is 0. The van der Waals surface area contributed by atoms with Crippen LogP contribution in [0.5, 0.6) is 0 Å². The Morgan fingerprint density at radius 3 is 3.18 bits per heavy atom. The molecule has 2 rings (SSSR count). The van der Waals surface area contributed by atoms with Gasteiger partial charge in [-0.3, -0.25) is 0 Å². The summed E-state index contributed by atoms with van der Waals surface area (Å²) in [5, 5.41) is 0. The quantitative estimate of drug-likeness (QED) is 0.662. The summed E-state index contributed by atoms with van der Waals surface area (Å²) >= 11 is 0. The first kappa shape index (κ1) is 6.34. The first-order chi connectivity index (χ1) is 5.42. The van der Waals surface area contributed by atoms with E-state index in [0.717, 1.165) is 11.0 Å². The van der Waals surface area contributed by atoms with Gasteiger partial charge in [0.2, 0.25) is 0 Å². The molecule has 2 aromatic rings. The fourth-order valence-electron chi connectivity index (χ4n) is 1.13. The van der Waals surface area contributed by atoms with Crippen molar-refractivity contribution in [1.29, 1.82) is 0 Å². The van der Waals surface area contributed by atoms with Crippen LogP contribution in [0.2, 0.25) is 0 Å². The number of hydrogen-bond donors (Lipinski definition) is 1. The summed E-state index contributed by atoms with van der Waals surface area (Å²) in [5.41, 5.74) is 2.26. The van der Waals surface area contributed by atoms with Crippen molar-refractivity contribution in [3.05, 3.63) is 30.1 Å². The zero-order chi connectivity index (χ0) is 7.68. The number of para-hydroxylation sites is 1. The Bertz CT molecular complexity index is 367. The van der Waals surface area contributed by atoms with Crippen molar-refractivity contribution in [3.63, 3.8) is 0 Å². The van der Waals surface area contributed by atoms with Crippen molar-refractivity contribution < 1.29 is 4.39 Å². The Kier molecular flexibility index (Phi) is 1.35. The van der Waals surface area contributed by atoms with Crippen molar-refractivity contribution in [2.45, 2.75) is 6.67 Å². The van der Waals surface area contributed by atoms with Gasteiger partial charge in [0.15, 0.2) is 0 Å². The van der Waals surface area contributed by atoms with Crippen LogP contribution in [-0.4, -0.2) is 9.97 Å². The number of fused-ring (bicyclic) bond motifs is 1. The van der Waals surface area contributed by atoms with Gasteiger partial charge in [-0.2, -0.15) is 0 Å². The molecule has 0 fully saturated rings. The van der Waals surface area contributed by atoms with Crippen LogP contribution in [0, 0.1) is 0 Å². The lowest BCUT2D eigenvalue weighted by Gasteiger charge is -1.93. The Balaban J connectivity index is 2.79. The number of alkyl halides is 1. The number of nitrogens with zero attached hydrogens (tertiary/aromatic N) is 1. The molecular weight excluding hydrogens is 143 g/mol. The number of aromatic amines is 1. The molecule has 1 N–H and O–H groups in total. The lowest BCUT2D eigenvalue weighted by Crippen LogP contribution is -1.79. The van der Waals surface area contributed by atoms with Crippen LogP contribution >= 0.6 is 0 Å². The van der Waals surface area contributed by atoms with E-state index in [2.05, 4.69) is 9.97 Å². The molecule has 0 aliphatic carbocycles. The minimum absolute atomic E-state index is 0.456. The van der Waals surface area contributed by atoms with Crippen LogP contribution in [-0.2, 0) is 6.67 Å². The third kappa shape index (κ3) is 0.888. The van der Waals surface area contributed by atoms with E-state index in [4.69, 9.17) is 0 Å². The van der Waals surface area contributed by atoms with Crippen LogP contribution in [0.25, 0.3) is 11.0 Å². The van der Waals surface area contributed by atoms with Crippen molar-refractivity contribution >= 4 is 11.0 Å². The van der Waals surface area contributed by atoms with E-state index >= 15 is 0 Å². The fraction of sp³-hybridized carbons (Fsp3) is 0.125. The normalized spacial score (nSPS) is 10.6. The molecule has 11 heavy (non-hydrogen) atoms. The number of hydrogen-bond acceptors (Lipinski definition) is 1. The maximum Gasteiger partial charge on any atom is 0.117 e. The van der Waals surface area contributed by atoms with Crippen LogP contribution in [0.1, 0.15) is 5.56 Å². The number of benzene rings is 1. The summed E-state index contributed by atoms with van der Waals surface area (Å²) in [6.45, 7) is -0.456. The number of halogens is 1. The van der Waals surface area contributed by atoms with E-state index in [-0.39, 0.29) is 0 Å². The third-order valence-electron chi connectivity index (χ3n) is 1.68. The van der Waals surface area contributed by atoms with Crippen molar-refractivity contribution in [2.75, 3.05) is 0 Å². The van der Waals surface area contributed by atoms with Gasteiger partial charge >= 0.3 is 0 Å². The smallest absolute Gasteiger partial charge is 0.117 e.